The third-order valence-corrected chi connectivity index (χ3v) is 3.80. The van der Waals surface area contributed by atoms with Gasteiger partial charge in [0.25, 0.3) is 0 Å². The first-order chi connectivity index (χ1) is 9.08. The second-order valence-corrected chi connectivity index (χ2v) is 5.42. The molecule has 4 heteroatoms. The minimum Gasteiger partial charge on any atom is -0.394 e. The van der Waals surface area contributed by atoms with Gasteiger partial charge in [0, 0.05) is 18.7 Å². The molecule has 0 saturated carbocycles. The van der Waals surface area contributed by atoms with Crippen LogP contribution in [-0.4, -0.2) is 23.7 Å². The number of carbonyl (C=O) groups is 1. The summed E-state index contributed by atoms with van der Waals surface area (Å²) >= 11 is 0. The van der Waals surface area contributed by atoms with E-state index in [0.717, 1.165) is 23.2 Å². The first-order valence-corrected chi connectivity index (χ1v) is 6.83. The first-order valence-electron chi connectivity index (χ1n) is 6.83. The minimum atomic E-state index is -0.157. The summed E-state index contributed by atoms with van der Waals surface area (Å²) in [6.07, 6.45) is 1.26. The van der Waals surface area contributed by atoms with Crippen LogP contribution in [0, 0.1) is 5.92 Å². The zero-order chi connectivity index (χ0) is 14.0. The van der Waals surface area contributed by atoms with E-state index in [-0.39, 0.29) is 24.5 Å². The number of aliphatic hydroxyl groups is 1. The van der Waals surface area contributed by atoms with Crippen LogP contribution < -0.4 is 10.6 Å². The molecule has 4 nitrogen and oxygen atoms in total. The van der Waals surface area contributed by atoms with Crippen LogP contribution in [-0.2, 0) is 17.8 Å². The maximum atomic E-state index is 12.2. The molecule has 0 aromatic heterocycles. The van der Waals surface area contributed by atoms with Crippen molar-refractivity contribution in [3.63, 3.8) is 0 Å². The van der Waals surface area contributed by atoms with Gasteiger partial charge in [0.15, 0.2) is 0 Å². The third kappa shape index (κ3) is 2.65. The van der Waals surface area contributed by atoms with Crippen molar-refractivity contribution in [2.24, 2.45) is 11.7 Å². The topological polar surface area (TPSA) is 66.6 Å². The number of amides is 1. The summed E-state index contributed by atoms with van der Waals surface area (Å²) in [6, 6.07) is 5.83. The van der Waals surface area contributed by atoms with Gasteiger partial charge >= 0.3 is 0 Å². The standard InChI is InChI=1S/C15H22N2O2/c1-10(2)14(9-18)17-13-5-3-11(8-16)7-12(13)4-6-15(17)19/h3,5,7,10,14,18H,4,6,8-9,16H2,1-2H3. The molecule has 1 aliphatic rings. The molecule has 0 bridgehead atoms. The molecule has 0 aliphatic carbocycles. The van der Waals surface area contributed by atoms with Crippen molar-refractivity contribution in [2.45, 2.75) is 39.3 Å². The highest BCUT2D eigenvalue weighted by molar-refractivity contribution is 5.97. The van der Waals surface area contributed by atoms with Gasteiger partial charge in [0.2, 0.25) is 5.91 Å². The maximum Gasteiger partial charge on any atom is 0.227 e. The Kier molecular flexibility index (Phi) is 4.22. The summed E-state index contributed by atoms with van der Waals surface area (Å²) < 4.78 is 0. The SMILES string of the molecule is CC(C)C(CO)N1C(=O)CCc2cc(CN)ccc21. The number of hydrogen-bond donors (Lipinski definition) is 2. The zero-order valence-electron chi connectivity index (χ0n) is 11.6. The van der Waals surface area contributed by atoms with Crippen LogP contribution in [0.25, 0.3) is 0 Å². The predicted octanol–water partition coefficient (Wildman–Crippen LogP) is 1.44. The van der Waals surface area contributed by atoms with Crippen LogP contribution in [0.4, 0.5) is 5.69 Å². The quantitative estimate of drug-likeness (QED) is 0.863. The van der Waals surface area contributed by atoms with Gasteiger partial charge in [-0.3, -0.25) is 4.79 Å². The number of nitrogens with zero attached hydrogens (tertiary/aromatic N) is 1. The highest BCUT2D eigenvalue weighted by Crippen LogP contribution is 2.32. The van der Waals surface area contributed by atoms with Gasteiger partial charge in [-0.15, -0.1) is 0 Å². The summed E-state index contributed by atoms with van der Waals surface area (Å²) in [5.41, 5.74) is 8.83. The second kappa shape index (κ2) is 5.72. The average molecular weight is 262 g/mol. The molecule has 1 aromatic rings. The molecule has 0 fully saturated rings. The number of fused-ring (bicyclic) bond motifs is 1. The highest BCUT2D eigenvalue weighted by atomic mass is 16.3. The number of rotatable bonds is 4. The van der Waals surface area contributed by atoms with E-state index in [1.54, 1.807) is 4.90 Å². The fourth-order valence-electron chi connectivity index (χ4n) is 2.65. The molecule has 1 amide bonds. The average Bonchev–Trinajstić information content (AvgIpc) is 2.41. The third-order valence-electron chi connectivity index (χ3n) is 3.80. The van der Waals surface area contributed by atoms with Crippen LogP contribution in [0.2, 0.25) is 0 Å². The number of aliphatic hydroxyl groups excluding tert-OH is 1. The van der Waals surface area contributed by atoms with E-state index < -0.39 is 0 Å². The normalized spacial score (nSPS) is 16.7. The largest absolute Gasteiger partial charge is 0.394 e. The molecule has 0 saturated heterocycles. The number of benzene rings is 1. The lowest BCUT2D eigenvalue weighted by Gasteiger charge is -2.37. The van der Waals surface area contributed by atoms with Crippen molar-refractivity contribution in [1.29, 1.82) is 0 Å². The Hall–Kier alpha value is -1.39. The lowest BCUT2D eigenvalue weighted by Crippen LogP contribution is -2.48. The van der Waals surface area contributed by atoms with Crippen molar-refractivity contribution in [3.8, 4) is 0 Å². The molecule has 104 valence electrons. The van der Waals surface area contributed by atoms with Crippen LogP contribution in [0.5, 0.6) is 0 Å². The maximum absolute atomic E-state index is 12.2. The molecule has 19 heavy (non-hydrogen) atoms. The van der Waals surface area contributed by atoms with E-state index in [0.29, 0.717) is 13.0 Å². The number of nitrogens with two attached hydrogens (primary N) is 1. The van der Waals surface area contributed by atoms with E-state index in [1.807, 2.05) is 26.0 Å². The zero-order valence-corrected chi connectivity index (χ0v) is 11.6. The first kappa shape index (κ1) is 14.0. The summed E-state index contributed by atoms with van der Waals surface area (Å²) in [5.74, 6) is 0.315. The molecular weight excluding hydrogens is 240 g/mol. The van der Waals surface area contributed by atoms with Gasteiger partial charge in [-0.25, -0.2) is 0 Å². The summed E-state index contributed by atoms with van der Waals surface area (Å²) in [4.78, 5) is 14.0. The molecule has 3 N–H and O–H groups in total. The van der Waals surface area contributed by atoms with E-state index in [9.17, 15) is 9.90 Å². The van der Waals surface area contributed by atoms with Crippen LogP contribution in [0.1, 0.15) is 31.4 Å². The fraction of sp³-hybridized carbons (Fsp3) is 0.533. The molecule has 0 radical (unpaired) electrons. The molecule has 2 rings (SSSR count). The smallest absolute Gasteiger partial charge is 0.227 e. The van der Waals surface area contributed by atoms with Crippen LogP contribution in [0.3, 0.4) is 0 Å². The van der Waals surface area contributed by atoms with Crippen LogP contribution in [0.15, 0.2) is 18.2 Å². The Morgan fingerprint density at radius 3 is 2.68 bits per heavy atom. The van der Waals surface area contributed by atoms with Crippen LogP contribution >= 0.6 is 0 Å². The Morgan fingerprint density at radius 2 is 2.11 bits per heavy atom. The number of anilines is 1. The van der Waals surface area contributed by atoms with Crippen molar-refractivity contribution in [2.75, 3.05) is 11.5 Å². The number of hydrogen-bond acceptors (Lipinski definition) is 3. The van der Waals surface area contributed by atoms with E-state index in [4.69, 9.17) is 5.73 Å². The summed E-state index contributed by atoms with van der Waals surface area (Å²) in [6.45, 7) is 4.55. The molecule has 1 aliphatic heterocycles. The van der Waals surface area contributed by atoms with E-state index in [2.05, 4.69) is 6.07 Å². The Bertz CT molecular complexity index is 471. The molecule has 1 unspecified atom stereocenters. The van der Waals surface area contributed by atoms with E-state index in [1.165, 1.54) is 0 Å². The summed E-state index contributed by atoms with van der Waals surface area (Å²) in [7, 11) is 0. The van der Waals surface area contributed by atoms with Gasteiger partial charge in [-0.1, -0.05) is 26.0 Å². The monoisotopic (exact) mass is 262 g/mol. The Labute approximate surface area is 114 Å². The van der Waals surface area contributed by atoms with Gasteiger partial charge in [-0.2, -0.15) is 0 Å². The molecule has 0 spiro atoms. The van der Waals surface area contributed by atoms with Crippen molar-refractivity contribution in [1.82, 2.24) is 0 Å². The molecule has 1 atom stereocenters. The lowest BCUT2D eigenvalue weighted by atomic mass is 9.94. The highest BCUT2D eigenvalue weighted by Gasteiger charge is 2.31. The van der Waals surface area contributed by atoms with Gasteiger partial charge in [-0.05, 0) is 29.5 Å². The predicted molar refractivity (Wildman–Crippen MR) is 75.9 cm³/mol. The van der Waals surface area contributed by atoms with Gasteiger partial charge in [0.05, 0.1) is 12.6 Å². The summed E-state index contributed by atoms with van der Waals surface area (Å²) in [5, 5.41) is 9.58. The van der Waals surface area contributed by atoms with Crippen molar-refractivity contribution < 1.29 is 9.90 Å². The second-order valence-electron chi connectivity index (χ2n) is 5.42. The molecule has 1 aromatic carbocycles. The Balaban J connectivity index is 2.43. The minimum absolute atomic E-state index is 0.0124. The molecule has 1 heterocycles. The van der Waals surface area contributed by atoms with Gasteiger partial charge < -0.3 is 15.7 Å². The Morgan fingerprint density at radius 1 is 1.37 bits per heavy atom. The molecular formula is C15H22N2O2. The number of carbonyl (C=O) groups excluding carboxylic acids is 1. The fourth-order valence-corrected chi connectivity index (χ4v) is 2.65. The van der Waals surface area contributed by atoms with Gasteiger partial charge in [0.1, 0.15) is 0 Å². The van der Waals surface area contributed by atoms with Crippen molar-refractivity contribution >= 4 is 11.6 Å². The number of aryl methyl sites for hydroxylation is 1. The lowest BCUT2D eigenvalue weighted by molar-refractivity contribution is -0.119. The van der Waals surface area contributed by atoms with E-state index >= 15 is 0 Å². The van der Waals surface area contributed by atoms with Crippen molar-refractivity contribution in [3.05, 3.63) is 29.3 Å².